The van der Waals surface area contributed by atoms with E-state index in [1.807, 2.05) is 19.2 Å². The summed E-state index contributed by atoms with van der Waals surface area (Å²) in [4.78, 5) is 12.4. The smallest absolute Gasteiger partial charge is 0.146 e. The summed E-state index contributed by atoms with van der Waals surface area (Å²) >= 11 is 4.96. The third kappa shape index (κ3) is 2.55. The number of halogens is 1. The second-order valence-electron chi connectivity index (χ2n) is 4.01. The molecule has 3 N–H and O–H groups in total. The molecule has 2 heterocycles. The number of rotatable bonds is 3. The Labute approximate surface area is 112 Å². The van der Waals surface area contributed by atoms with Gasteiger partial charge in [0.05, 0.1) is 5.54 Å². The van der Waals surface area contributed by atoms with Crippen molar-refractivity contribution in [3.63, 3.8) is 0 Å². The fourth-order valence-corrected chi connectivity index (χ4v) is 2.37. The average Bonchev–Trinajstić information content (AvgIpc) is 2.78. The van der Waals surface area contributed by atoms with E-state index in [-0.39, 0.29) is 5.54 Å². The highest BCUT2D eigenvalue weighted by molar-refractivity contribution is 9.10. The highest BCUT2D eigenvalue weighted by atomic mass is 79.9. The second-order valence-corrected chi connectivity index (χ2v) is 5.70. The Hall–Kier alpha value is -1.21. The lowest BCUT2D eigenvalue weighted by molar-refractivity contribution is 0.600. The van der Waals surface area contributed by atoms with Crippen LogP contribution in [-0.4, -0.2) is 15.0 Å². The molecule has 2 aromatic rings. The summed E-state index contributed by atoms with van der Waals surface area (Å²) in [5, 5.41) is 6.23. The van der Waals surface area contributed by atoms with Crippen molar-refractivity contribution in [2.24, 2.45) is 0 Å². The Morgan fingerprint density at radius 3 is 2.76 bits per heavy atom. The Kier molecular flexibility index (Phi) is 3.30. The average molecular weight is 314 g/mol. The molecule has 0 amide bonds. The zero-order valence-corrected chi connectivity index (χ0v) is 11.8. The van der Waals surface area contributed by atoms with Gasteiger partial charge in [-0.25, -0.2) is 15.0 Å². The van der Waals surface area contributed by atoms with Gasteiger partial charge >= 0.3 is 0 Å². The van der Waals surface area contributed by atoms with E-state index in [4.69, 9.17) is 5.73 Å². The van der Waals surface area contributed by atoms with Crippen LogP contribution in [0.4, 0.5) is 11.6 Å². The number of anilines is 2. The van der Waals surface area contributed by atoms with Gasteiger partial charge in [0.15, 0.2) is 0 Å². The Balaban J connectivity index is 2.29. The molecule has 0 saturated heterocycles. The first kappa shape index (κ1) is 12.3. The molecule has 2 aromatic heterocycles. The minimum atomic E-state index is -0.308. The van der Waals surface area contributed by atoms with Crippen molar-refractivity contribution < 1.29 is 0 Å². The Morgan fingerprint density at radius 2 is 2.12 bits per heavy atom. The molecule has 0 bridgehead atoms. The number of nitrogens with two attached hydrogens (primary N) is 1. The van der Waals surface area contributed by atoms with Crippen LogP contribution < -0.4 is 11.1 Å². The van der Waals surface area contributed by atoms with Crippen molar-refractivity contribution in [3.8, 4) is 0 Å². The van der Waals surface area contributed by atoms with Crippen molar-refractivity contribution in [3.05, 3.63) is 27.4 Å². The summed E-state index contributed by atoms with van der Waals surface area (Å²) in [6.45, 7) is 4.08. The van der Waals surface area contributed by atoms with Gasteiger partial charge < -0.3 is 11.1 Å². The maximum absolute atomic E-state index is 5.71. The lowest BCUT2D eigenvalue weighted by Gasteiger charge is -2.25. The van der Waals surface area contributed by atoms with Crippen molar-refractivity contribution >= 4 is 38.9 Å². The van der Waals surface area contributed by atoms with Crippen LogP contribution in [0.3, 0.4) is 0 Å². The number of nitrogens with zero attached hydrogens (tertiary/aromatic N) is 3. The van der Waals surface area contributed by atoms with E-state index in [0.717, 1.165) is 5.01 Å². The maximum Gasteiger partial charge on any atom is 0.146 e. The van der Waals surface area contributed by atoms with Crippen LogP contribution >= 0.6 is 27.3 Å². The predicted octanol–water partition coefficient (Wildman–Crippen LogP) is 2.62. The highest BCUT2D eigenvalue weighted by Crippen LogP contribution is 2.31. The van der Waals surface area contributed by atoms with Crippen LogP contribution in [0, 0.1) is 0 Å². The molecule has 2 rings (SSSR count). The zero-order chi connectivity index (χ0) is 12.5. The van der Waals surface area contributed by atoms with Crippen LogP contribution in [0.5, 0.6) is 0 Å². The van der Waals surface area contributed by atoms with E-state index in [1.165, 1.54) is 6.33 Å². The lowest BCUT2D eigenvalue weighted by atomic mass is 10.1. The first-order valence-electron chi connectivity index (χ1n) is 4.95. The summed E-state index contributed by atoms with van der Waals surface area (Å²) in [7, 11) is 0. The molecule has 0 aliphatic heterocycles. The summed E-state index contributed by atoms with van der Waals surface area (Å²) in [6.07, 6.45) is 3.22. The van der Waals surface area contributed by atoms with E-state index in [2.05, 4.69) is 36.2 Å². The van der Waals surface area contributed by atoms with Crippen LogP contribution in [0.2, 0.25) is 0 Å². The Bertz CT molecular complexity index is 511. The monoisotopic (exact) mass is 313 g/mol. The molecule has 17 heavy (non-hydrogen) atoms. The minimum Gasteiger partial charge on any atom is -0.383 e. The zero-order valence-electron chi connectivity index (χ0n) is 9.44. The maximum atomic E-state index is 5.71. The number of thiazole rings is 1. The van der Waals surface area contributed by atoms with E-state index in [1.54, 1.807) is 17.5 Å². The van der Waals surface area contributed by atoms with Crippen LogP contribution in [0.1, 0.15) is 18.9 Å². The van der Waals surface area contributed by atoms with Gasteiger partial charge in [-0.05, 0) is 29.8 Å². The van der Waals surface area contributed by atoms with Crippen LogP contribution in [0.25, 0.3) is 0 Å². The number of nitrogens with one attached hydrogen (secondary N) is 1. The molecule has 0 unspecified atom stereocenters. The van der Waals surface area contributed by atoms with E-state index in [0.29, 0.717) is 16.1 Å². The van der Waals surface area contributed by atoms with Crippen LogP contribution in [-0.2, 0) is 5.54 Å². The molecule has 90 valence electrons. The van der Waals surface area contributed by atoms with Gasteiger partial charge in [-0.15, -0.1) is 11.3 Å². The van der Waals surface area contributed by atoms with Crippen molar-refractivity contribution in [1.82, 2.24) is 15.0 Å². The fraction of sp³-hybridized carbons (Fsp3) is 0.300. The van der Waals surface area contributed by atoms with Gasteiger partial charge in [0.25, 0.3) is 0 Å². The van der Waals surface area contributed by atoms with Gasteiger partial charge in [-0.3, -0.25) is 0 Å². The van der Waals surface area contributed by atoms with Crippen molar-refractivity contribution in [2.45, 2.75) is 19.4 Å². The van der Waals surface area contributed by atoms with Gasteiger partial charge in [0.2, 0.25) is 0 Å². The molecule has 0 radical (unpaired) electrons. The molecule has 0 fully saturated rings. The number of aromatic nitrogens is 3. The molecule has 0 saturated carbocycles. The summed E-state index contributed by atoms with van der Waals surface area (Å²) in [5.74, 6) is 1.08. The van der Waals surface area contributed by atoms with Crippen LogP contribution in [0.15, 0.2) is 22.4 Å². The lowest BCUT2D eigenvalue weighted by Crippen LogP contribution is -2.28. The third-order valence-corrected chi connectivity index (χ3v) is 4.09. The molecule has 0 spiro atoms. The fourth-order valence-electron chi connectivity index (χ4n) is 1.35. The SMILES string of the molecule is CC(C)(Nc1ncnc(N)c1Br)c1nccs1. The van der Waals surface area contributed by atoms with E-state index >= 15 is 0 Å². The quantitative estimate of drug-likeness (QED) is 0.911. The highest BCUT2D eigenvalue weighted by Gasteiger charge is 2.24. The summed E-state index contributed by atoms with van der Waals surface area (Å²) in [5.41, 5.74) is 5.40. The minimum absolute atomic E-state index is 0.308. The molecule has 7 heteroatoms. The summed E-state index contributed by atoms with van der Waals surface area (Å²) < 4.78 is 0.671. The van der Waals surface area contributed by atoms with Gasteiger partial charge in [-0.2, -0.15) is 0 Å². The van der Waals surface area contributed by atoms with Crippen molar-refractivity contribution in [1.29, 1.82) is 0 Å². The molecular formula is C10H12BrN5S. The topological polar surface area (TPSA) is 76.7 Å². The molecular weight excluding hydrogens is 302 g/mol. The second kappa shape index (κ2) is 4.58. The molecule has 0 aliphatic rings. The Morgan fingerprint density at radius 1 is 1.35 bits per heavy atom. The number of nitrogen functional groups attached to an aromatic ring is 1. The van der Waals surface area contributed by atoms with Crippen molar-refractivity contribution in [2.75, 3.05) is 11.1 Å². The number of hydrogen-bond donors (Lipinski definition) is 2. The first-order valence-corrected chi connectivity index (χ1v) is 6.62. The standard InChI is InChI=1S/C10H12BrN5S/c1-10(2,9-13-3-4-17-9)16-8-6(11)7(12)14-5-15-8/h3-5H,1-2H3,(H3,12,14,15,16). The van der Waals surface area contributed by atoms with E-state index in [9.17, 15) is 0 Å². The first-order chi connectivity index (χ1) is 8.00. The normalized spacial score (nSPS) is 11.5. The number of hydrogen-bond acceptors (Lipinski definition) is 6. The predicted molar refractivity (Wildman–Crippen MR) is 72.9 cm³/mol. The molecule has 0 aromatic carbocycles. The third-order valence-electron chi connectivity index (χ3n) is 2.21. The molecule has 0 aliphatic carbocycles. The molecule has 5 nitrogen and oxygen atoms in total. The van der Waals surface area contributed by atoms with Gasteiger partial charge in [0.1, 0.15) is 27.4 Å². The van der Waals surface area contributed by atoms with Gasteiger partial charge in [0, 0.05) is 11.6 Å². The van der Waals surface area contributed by atoms with Gasteiger partial charge in [-0.1, -0.05) is 0 Å². The van der Waals surface area contributed by atoms with E-state index < -0.39 is 0 Å². The summed E-state index contributed by atoms with van der Waals surface area (Å²) in [6, 6.07) is 0. The molecule has 0 atom stereocenters. The largest absolute Gasteiger partial charge is 0.383 e.